The van der Waals surface area contributed by atoms with Gasteiger partial charge in [0.15, 0.2) is 0 Å². The van der Waals surface area contributed by atoms with E-state index in [2.05, 4.69) is 0 Å². The van der Waals surface area contributed by atoms with Crippen molar-refractivity contribution in [3.63, 3.8) is 0 Å². The molecule has 1 aromatic rings. The number of halogens is 6. The van der Waals surface area contributed by atoms with Crippen LogP contribution in [-0.2, 0) is 12.4 Å². The van der Waals surface area contributed by atoms with E-state index in [0.717, 1.165) is 0 Å². The number of alkyl halides is 6. The fourth-order valence-corrected chi connectivity index (χ4v) is 1.15. The molecule has 0 unspecified atom stereocenters. The van der Waals surface area contributed by atoms with E-state index in [1.54, 1.807) is 0 Å². The number of anilines is 1. The van der Waals surface area contributed by atoms with Crippen LogP contribution in [0.5, 0.6) is 0 Å². The van der Waals surface area contributed by atoms with Gasteiger partial charge in [-0.2, -0.15) is 26.3 Å². The maximum absolute atomic E-state index is 12.3. The molecular formula is C9H5F6NO2. The number of hydrogen-bond acceptors (Lipinski definition) is 1. The van der Waals surface area contributed by atoms with E-state index in [1.807, 2.05) is 0 Å². The summed E-state index contributed by atoms with van der Waals surface area (Å²) in [5, 5.41) is 9.73. The number of amides is 1. The highest BCUT2D eigenvalue weighted by atomic mass is 19.4. The lowest BCUT2D eigenvalue weighted by Crippen LogP contribution is -2.14. The third-order valence-electron chi connectivity index (χ3n) is 1.84. The molecule has 0 aliphatic heterocycles. The Hall–Kier alpha value is -1.93. The van der Waals surface area contributed by atoms with Gasteiger partial charge in [0.1, 0.15) is 0 Å². The first-order chi connectivity index (χ1) is 8.00. The Labute approximate surface area is 96.0 Å². The van der Waals surface area contributed by atoms with Crippen LogP contribution in [0, 0.1) is 0 Å². The van der Waals surface area contributed by atoms with Gasteiger partial charge < -0.3 is 5.11 Å². The van der Waals surface area contributed by atoms with E-state index in [9.17, 15) is 31.1 Å². The molecule has 0 radical (unpaired) electrons. The van der Waals surface area contributed by atoms with Gasteiger partial charge in [-0.15, -0.1) is 0 Å². The monoisotopic (exact) mass is 273 g/mol. The molecule has 3 nitrogen and oxygen atoms in total. The average molecular weight is 273 g/mol. The molecule has 0 fully saturated rings. The molecule has 0 bridgehead atoms. The molecule has 9 heteroatoms. The lowest BCUT2D eigenvalue weighted by molar-refractivity contribution is -0.143. The summed E-state index contributed by atoms with van der Waals surface area (Å²) in [4.78, 5) is 10.2. The van der Waals surface area contributed by atoms with Crippen molar-refractivity contribution in [2.24, 2.45) is 0 Å². The minimum Gasteiger partial charge on any atom is -0.465 e. The van der Waals surface area contributed by atoms with Crippen molar-refractivity contribution in [2.75, 3.05) is 5.32 Å². The van der Waals surface area contributed by atoms with E-state index in [0.29, 0.717) is 0 Å². The summed E-state index contributed by atoms with van der Waals surface area (Å²) in [6.45, 7) is 0. The summed E-state index contributed by atoms with van der Waals surface area (Å²) in [5.74, 6) is 0. The molecule has 0 aliphatic carbocycles. The van der Waals surface area contributed by atoms with Crippen molar-refractivity contribution in [3.05, 3.63) is 29.3 Å². The maximum atomic E-state index is 12.3. The first-order valence-corrected chi connectivity index (χ1v) is 4.29. The van der Waals surface area contributed by atoms with Gasteiger partial charge in [0.05, 0.1) is 11.1 Å². The highest BCUT2D eigenvalue weighted by Crippen LogP contribution is 2.37. The molecule has 0 spiro atoms. The van der Waals surface area contributed by atoms with Crippen LogP contribution < -0.4 is 5.32 Å². The Morgan fingerprint density at radius 2 is 1.33 bits per heavy atom. The molecule has 1 rings (SSSR count). The SMILES string of the molecule is O=C(O)Nc1cc(C(F)(F)F)cc(C(F)(F)F)c1. The van der Waals surface area contributed by atoms with Gasteiger partial charge in [-0.3, -0.25) is 5.32 Å². The molecule has 100 valence electrons. The van der Waals surface area contributed by atoms with Crippen molar-refractivity contribution in [1.82, 2.24) is 0 Å². The van der Waals surface area contributed by atoms with E-state index < -0.39 is 35.3 Å². The van der Waals surface area contributed by atoms with Gasteiger partial charge in [-0.1, -0.05) is 0 Å². The zero-order valence-corrected chi connectivity index (χ0v) is 8.36. The summed E-state index contributed by atoms with van der Waals surface area (Å²) in [6.07, 6.45) is -11.8. The summed E-state index contributed by atoms with van der Waals surface area (Å²) in [7, 11) is 0. The molecule has 0 saturated carbocycles. The Bertz CT molecular complexity index is 433. The van der Waals surface area contributed by atoms with Gasteiger partial charge in [0.25, 0.3) is 0 Å². The predicted octanol–water partition coefficient (Wildman–Crippen LogP) is 3.81. The Morgan fingerprint density at radius 3 is 1.61 bits per heavy atom. The highest BCUT2D eigenvalue weighted by Gasteiger charge is 2.37. The Morgan fingerprint density at radius 1 is 0.944 bits per heavy atom. The molecule has 2 N–H and O–H groups in total. The third-order valence-corrected chi connectivity index (χ3v) is 1.84. The van der Waals surface area contributed by atoms with Gasteiger partial charge in [-0.05, 0) is 18.2 Å². The first-order valence-electron chi connectivity index (χ1n) is 4.29. The number of hydrogen-bond donors (Lipinski definition) is 2. The second-order valence-corrected chi connectivity index (χ2v) is 3.22. The quantitative estimate of drug-likeness (QED) is 0.764. The summed E-state index contributed by atoms with van der Waals surface area (Å²) in [6, 6.07) is 0.472. The third kappa shape index (κ3) is 3.54. The number of rotatable bonds is 1. The van der Waals surface area contributed by atoms with Crippen molar-refractivity contribution in [1.29, 1.82) is 0 Å². The van der Waals surface area contributed by atoms with Crippen LogP contribution in [0.15, 0.2) is 18.2 Å². The maximum Gasteiger partial charge on any atom is 0.416 e. The molecular weight excluding hydrogens is 268 g/mol. The van der Waals surface area contributed by atoms with Crippen molar-refractivity contribution in [3.8, 4) is 0 Å². The van der Waals surface area contributed by atoms with Crippen molar-refractivity contribution >= 4 is 11.8 Å². The topological polar surface area (TPSA) is 49.3 Å². The number of carbonyl (C=O) groups is 1. The largest absolute Gasteiger partial charge is 0.465 e. The molecule has 0 heterocycles. The Balaban J connectivity index is 3.34. The van der Waals surface area contributed by atoms with E-state index in [4.69, 9.17) is 5.11 Å². The highest BCUT2D eigenvalue weighted by molar-refractivity contribution is 5.83. The number of carboxylic acid groups (broad SMARTS) is 1. The average Bonchev–Trinajstić information content (AvgIpc) is 2.13. The Kier molecular flexibility index (Phi) is 3.45. The fourth-order valence-electron chi connectivity index (χ4n) is 1.15. The van der Waals surface area contributed by atoms with Crippen LogP contribution in [0.1, 0.15) is 11.1 Å². The van der Waals surface area contributed by atoms with Gasteiger partial charge in [0.2, 0.25) is 0 Å². The van der Waals surface area contributed by atoms with Crippen LogP contribution in [0.4, 0.5) is 36.8 Å². The van der Waals surface area contributed by atoms with Gasteiger partial charge in [-0.25, -0.2) is 4.79 Å². The molecule has 1 aromatic carbocycles. The van der Waals surface area contributed by atoms with Crippen LogP contribution >= 0.6 is 0 Å². The number of nitrogens with one attached hydrogen (secondary N) is 1. The summed E-state index contributed by atoms with van der Waals surface area (Å²) in [5.41, 5.74) is -3.97. The first kappa shape index (κ1) is 14.1. The second kappa shape index (κ2) is 4.39. The normalized spacial score (nSPS) is 12.3. The fraction of sp³-hybridized carbons (Fsp3) is 0.222. The van der Waals surface area contributed by atoms with Crippen molar-refractivity contribution in [2.45, 2.75) is 12.4 Å². The van der Waals surface area contributed by atoms with Crippen LogP contribution in [0.3, 0.4) is 0 Å². The summed E-state index contributed by atoms with van der Waals surface area (Å²) >= 11 is 0. The molecule has 18 heavy (non-hydrogen) atoms. The van der Waals surface area contributed by atoms with Crippen LogP contribution in [0.25, 0.3) is 0 Å². The zero-order chi connectivity index (χ0) is 14.1. The smallest absolute Gasteiger partial charge is 0.416 e. The molecule has 0 atom stereocenters. The van der Waals surface area contributed by atoms with E-state index in [-0.39, 0.29) is 18.2 Å². The molecule has 0 aromatic heterocycles. The predicted molar refractivity (Wildman–Crippen MR) is 48.1 cm³/mol. The lowest BCUT2D eigenvalue weighted by atomic mass is 10.1. The van der Waals surface area contributed by atoms with Crippen molar-refractivity contribution < 1.29 is 36.2 Å². The van der Waals surface area contributed by atoms with Gasteiger partial charge >= 0.3 is 18.4 Å². The minimum atomic E-state index is -5.00. The van der Waals surface area contributed by atoms with Crippen LogP contribution in [0.2, 0.25) is 0 Å². The standard InChI is InChI=1S/C9H5F6NO2/c10-8(11,12)4-1-5(9(13,14)15)3-6(2-4)16-7(17)18/h1-3,16H,(H,17,18). The molecule has 0 saturated heterocycles. The van der Waals surface area contributed by atoms with Crippen LogP contribution in [-0.4, -0.2) is 11.2 Å². The zero-order valence-electron chi connectivity index (χ0n) is 8.36. The second-order valence-electron chi connectivity index (χ2n) is 3.22. The lowest BCUT2D eigenvalue weighted by Gasteiger charge is -2.13. The van der Waals surface area contributed by atoms with E-state index in [1.165, 1.54) is 5.32 Å². The number of benzene rings is 1. The molecule has 1 amide bonds. The van der Waals surface area contributed by atoms with Gasteiger partial charge in [0, 0.05) is 5.69 Å². The summed E-state index contributed by atoms with van der Waals surface area (Å²) < 4.78 is 74.0. The minimum absolute atomic E-state index is 0.0902. The molecule has 0 aliphatic rings. The van der Waals surface area contributed by atoms with E-state index >= 15 is 0 Å².